The van der Waals surface area contributed by atoms with E-state index in [4.69, 9.17) is 24.1 Å². The molecule has 6 nitrogen and oxygen atoms in total. The molecule has 132 valence electrons. The summed E-state index contributed by atoms with van der Waals surface area (Å²) in [5.74, 6) is 2.50. The number of fused-ring (bicyclic) bond motifs is 1. The number of hydrogen-bond acceptors (Lipinski definition) is 5. The minimum atomic E-state index is -0.250. The fraction of sp³-hybridized carbons (Fsp3) is 0.500. The van der Waals surface area contributed by atoms with Crippen molar-refractivity contribution in [1.82, 2.24) is 4.90 Å². The third-order valence-electron chi connectivity index (χ3n) is 4.11. The zero-order chi connectivity index (χ0) is 17.4. The van der Waals surface area contributed by atoms with E-state index in [2.05, 4.69) is 30.0 Å². The summed E-state index contributed by atoms with van der Waals surface area (Å²) < 4.78 is 17.1. The predicted molar refractivity (Wildman–Crippen MR) is 90.9 cm³/mol. The van der Waals surface area contributed by atoms with Crippen LogP contribution in [0.1, 0.15) is 25.3 Å². The first-order valence-electron chi connectivity index (χ1n) is 8.18. The predicted octanol–water partition coefficient (Wildman–Crippen LogP) is 2.71. The van der Waals surface area contributed by atoms with Crippen LogP contribution < -0.4 is 14.2 Å². The van der Waals surface area contributed by atoms with Crippen LogP contribution in [0.15, 0.2) is 24.3 Å². The Morgan fingerprint density at radius 1 is 1.33 bits per heavy atom. The summed E-state index contributed by atoms with van der Waals surface area (Å²) in [6.07, 6.45) is 6.57. The van der Waals surface area contributed by atoms with E-state index in [1.54, 1.807) is 7.11 Å². The lowest BCUT2D eigenvalue weighted by atomic mass is 10.1. The molecule has 0 spiro atoms. The summed E-state index contributed by atoms with van der Waals surface area (Å²) in [4.78, 5) is 10.8. The summed E-state index contributed by atoms with van der Waals surface area (Å²) in [6, 6.07) is 4.55. The molecule has 0 saturated heterocycles. The minimum absolute atomic E-state index is 0.250. The van der Waals surface area contributed by atoms with E-state index in [9.17, 15) is 0 Å². The van der Waals surface area contributed by atoms with Crippen LogP contribution in [0.5, 0.6) is 17.2 Å². The van der Waals surface area contributed by atoms with Gasteiger partial charge < -0.3 is 19.3 Å². The van der Waals surface area contributed by atoms with Gasteiger partial charge in [-0.3, -0.25) is 9.69 Å². The topological polar surface area (TPSA) is 68.2 Å². The molecule has 0 amide bonds. The lowest BCUT2D eigenvalue weighted by Crippen LogP contribution is -2.29. The molecule has 1 N–H and O–H groups in total. The Bertz CT molecular complexity index is 573. The molecule has 0 aromatic heterocycles. The molecular formula is C18H25NO5. The van der Waals surface area contributed by atoms with Gasteiger partial charge in [-0.2, -0.15) is 0 Å². The number of carbonyl (C=O) groups is 1. The average molecular weight is 335 g/mol. The molecule has 0 bridgehead atoms. The highest BCUT2D eigenvalue weighted by Crippen LogP contribution is 2.37. The second-order valence-electron chi connectivity index (χ2n) is 5.60. The Hall–Kier alpha value is -2.21. The maximum Gasteiger partial charge on any atom is 0.290 e. The third kappa shape index (κ3) is 4.41. The molecule has 1 aromatic carbocycles. The summed E-state index contributed by atoms with van der Waals surface area (Å²) in [7, 11) is 1.71. The Labute approximate surface area is 142 Å². The van der Waals surface area contributed by atoms with Crippen LogP contribution in [0.2, 0.25) is 0 Å². The Balaban J connectivity index is 0.000000647. The van der Waals surface area contributed by atoms with Gasteiger partial charge in [0.15, 0.2) is 11.5 Å². The van der Waals surface area contributed by atoms with Crippen molar-refractivity contribution >= 4 is 6.47 Å². The maximum absolute atomic E-state index is 8.36. The Morgan fingerprint density at radius 3 is 2.62 bits per heavy atom. The van der Waals surface area contributed by atoms with Crippen LogP contribution in [0.25, 0.3) is 0 Å². The van der Waals surface area contributed by atoms with Crippen molar-refractivity contribution in [2.24, 2.45) is 0 Å². The zero-order valence-corrected chi connectivity index (χ0v) is 14.2. The lowest BCUT2D eigenvalue weighted by Gasteiger charge is -2.24. The summed E-state index contributed by atoms with van der Waals surface area (Å²) in [5.41, 5.74) is 1.16. The van der Waals surface area contributed by atoms with E-state index < -0.39 is 0 Å². The van der Waals surface area contributed by atoms with Crippen LogP contribution in [0.4, 0.5) is 0 Å². The Morgan fingerprint density at radius 2 is 2.00 bits per heavy atom. The molecule has 1 unspecified atom stereocenters. The van der Waals surface area contributed by atoms with Gasteiger partial charge in [0.1, 0.15) is 5.75 Å². The lowest BCUT2D eigenvalue weighted by molar-refractivity contribution is -0.122. The summed E-state index contributed by atoms with van der Waals surface area (Å²) in [6.45, 7) is 5.24. The molecule has 6 heteroatoms. The number of ether oxygens (including phenoxy) is 3. The number of benzene rings is 1. The molecule has 0 aliphatic carbocycles. The molecule has 24 heavy (non-hydrogen) atoms. The van der Waals surface area contributed by atoms with Gasteiger partial charge in [0.2, 0.25) is 0 Å². The monoisotopic (exact) mass is 335 g/mol. The standard InChI is InChI=1S/C17H23NO3.CH2O2/c1-3-14-6-4-7-18(14)12-13-10-16-17(11-15(13)19-2)21-9-5-8-20-16;2-1-3/h4,6,10-11,14H,3,5,7-9,12H2,1-2H3;1H,(H,2,3). The SMILES string of the molecule is CCC1C=CCN1Cc1cc2c(cc1OC)OCCCO2.O=CO. The largest absolute Gasteiger partial charge is 0.496 e. The highest BCUT2D eigenvalue weighted by molar-refractivity contribution is 5.51. The smallest absolute Gasteiger partial charge is 0.290 e. The summed E-state index contributed by atoms with van der Waals surface area (Å²) in [5, 5.41) is 6.89. The van der Waals surface area contributed by atoms with Gasteiger partial charge in [0.05, 0.1) is 20.3 Å². The number of methoxy groups -OCH3 is 1. The van der Waals surface area contributed by atoms with Crippen LogP contribution >= 0.6 is 0 Å². The third-order valence-corrected chi connectivity index (χ3v) is 4.11. The molecule has 2 aliphatic rings. The van der Waals surface area contributed by atoms with E-state index in [-0.39, 0.29) is 6.47 Å². The van der Waals surface area contributed by atoms with Crippen molar-refractivity contribution in [3.8, 4) is 17.2 Å². The summed E-state index contributed by atoms with van der Waals surface area (Å²) >= 11 is 0. The van der Waals surface area contributed by atoms with E-state index in [0.29, 0.717) is 19.3 Å². The number of carboxylic acid groups (broad SMARTS) is 1. The van der Waals surface area contributed by atoms with Crippen molar-refractivity contribution in [3.05, 3.63) is 29.8 Å². The number of rotatable bonds is 4. The fourth-order valence-electron chi connectivity index (χ4n) is 2.95. The molecule has 0 radical (unpaired) electrons. The van der Waals surface area contributed by atoms with Gasteiger partial charge in [0, 0.05) is 37.2 Å². The van der Waals surface area contributed by atoms with Crippen LogP contribution in [-0.2, 0) is 11.3 Å². The van der Waals surface area contributed by atoms with Crippen LogP contribution in [-0.4, -0.2) is 49.4 Å². The zero-order valence-electron chi connectivity index (χ0n) is 14.2. The van der Waals surface area contributed by atoms with Crippen molar-refractivity contribution in [2.45, 2.75) is 32.4 Å². The van der Waals surface area contributed by atoms with Gasteiger partial charge in [-0.05, 0) is 12.5 Å². The Kier molecular flexibility index (Phi) is 6.93. The van der Waals surface area contributed by atoms with E-state index in [0.717, 1.165) is 48.7 Å². The minimum Gasteiger partial charge on any atom is -0.496 e. The molecular weight excluding hydrogens is 310 g/mol. The van der Waals surface area contributed by atoms with Gasteiger partial charge in [-0.1, -0.05) is 19.1 Å². The van der Waals surface area contributed by atoms with Gasteiger partial charge >= 0.3 is 0 Å². The average Bonchev–Trinajstić information content (AvgIpc) is 2.91. The van der Waals surface area contributed by atoms with Crippen molar-refractivity contribution < 1.29 is 24.1 Å². The second kappa shape index (κ2) is 9.17. The van der Waals surface area contributed by atoms with Crippen LogP contribution in [0.3, 0.4) is 0 Å². The molecule has 0 saturated carbocycles. The van der Waals surface area contributed by atoms with Gasteiger partial charge in [-0.25, -0.2) is 0 Å². The molecule has 0 fully saturated rings. The van der Waals surface area contributed by atoms with Crippen molar-refractivity contribution in [2.75, 3.05) is 26.9 Å². The van der Waals surface area contributed by atoms with E-state index in [1.807, 2.05) is 6.07 Å². The molecule has 1 atom stereocenters. The van der Waals surface area contributed by atoms with Crippen molar-refractivity contribution in [3.63, 3.8) is 0 Å². The second-order valence-corrected chi connectivity index (χ2v) is 5.60. The maximum atomic E-state index is 8.36. The quantitative estimate of drug-likeness (QED) is 0.674. The van der Waals surface area contributed by atoms with Gasteiger partial charge in [-0.15, -0.1) is 0 Å². The van der Waals surface area contributed by atoms with Crippen LogP contribution in [0, 0.1) is 0 Å². The van der Waals surface area contributed by atoms with E-state index >= 15 is 0 Å². The highest BCUT2D eigenvalue weighted by Gasteiger charge is 2.21. The first-order chi connectivity index (χ1) is 11.7. The van der Waals surface area contributed by atoms with Crippen molar-refractivity contribution in [1.29, 1.82) is 0 Å². The fourth-order valence-corrected chi connectivity index (χ4v) is 2.95. The number of hydrogen-bond donors (Lipinski definition) is 1. The first-order valence-corrected chi connectivity index (χ1v) is 8.18. The van der Waals surface area contributed by atoms with Gasteiger partial charge in [0.25, 0.3) is 6.47 Å². The molecule has 2 aliphatic heterocycles. The number of nitrogens with zero attached hydrogens (tertiary/aromatic N) is 1. The first kappa shape index (κ1) is 18.1. The highest BCUT2D eigenvalue weighted by atomic mass is 16.5. The molecule has 1 aromatic rings. The molecule has 3 rings (SSSR count). The normalized spacial score (nSPS) is 19.2. The van der Waals surface area contributed by atoms with E-state index in [1.165, 1.54) is 0 Å². The molecule has 2 heterocycles.